The Labute approximate surface area is 368 Å². The number of furan rings is 1. The number of hydrogen-bond donors (Lipinski definition) is 0. The highest BCUT2D eigenvalue weighted by molar-refractivity contribution is 7.17. The van der Waals surface area contributed by atoms with E-state index in [-0.39, 0.29) is 6.04 Å². The second kappa shape index (κ2) is 14.4. The van der Waals surface area contributed by atoms with Crippen molar-refractivity contribution in [2.75, 3.05) is 4.90 Å². The normalized spacial score (nSPS) is 14.2. The van der Waals surface area contributed by atoms with Gasteiger partial charge in [-0.1, -0.05) is 152 Å². The van der Waals surface area contributed by atoms with Gasteiger partial charge in [0.25, 0.3) is 0 Å². The van der Waals surface area contributed by atoms with Gasteiger partial charge in [-0.3, -0.25) is 0 Å². The smallest absolute Gasteiger partial charge is 0.136 e. The molecule has 4 heteroatoms. The van der Waals surface area contributed by atoms with Gasteiger partial charge in [-0.15, -0.1) is 11.3 Å². The minimum atomic E-state index is 0.239. The van der Waals surface area contributed by atoms with E-state index in [1.807, 2.05) is 23.5 Å². The van der Waals surface area contributed by atoms with E-state index in [4.69, 9.17) is 9.40 Å². The molecule has 1 aliphatic heterocycles. The van der Waals surface area contributed by atoms with E-state index in [0.29, 0.717) is 0 Å². The maximum absolute atomic E-state index is 6.56. The van der Waals surface area contributed by atoms with Crippen molar-refractivity contribution in [2.24, 2.45) is 0 Å². The van der Waals surface area contributed by atoms with E-state index in [2.05, 4.69) is 205 Å². The number of rotatable bonds is 6. The fourth-order valence-corrected chi connectivity index (χ4v) is 11.3. The number of pyridine rings is 1. The van der Waals surface area contributed by atoms with Gasteiger partial charge in [-0.25, -0.2) is 4.98 Å². The van der Waals surface area contributed by atoms with Crippen LogP contribution < -0.4 is 14.7 Å². The molecule has 0 fully saturated rings. The quantitative estimate of drug-likeness (QED) is 0.167. The van der Waals surface area contributed by atoms with Gasteiger partial charge in [0, 0.05) is 53.6 Å². The molecular formula is C59H38N2OS. The van der Waals surface area contributed by atoms with Crippen molar-refractivity contribution < 1.29 is 4.42 Å². The third kappa shape index (κ3) is 5.90. The molecule has 1 unspecified atom stereocenters. The highest BCUT2D eigenvalue weighted by Crippen LogP contribution is 2.48. The lowest BCUT2D eigenvalue weighted by Crippen LogP contribution is -2.36. The lowest BCUT2D eigenvalue weighted by atomic mass is 9.92. The molecule has 296 valence electrons. The van der Waals surface area contributed by atoms with Gasteiger partial charge in [0.1, 0.15) is 11.2 Å². The standard InChI is InChI=1S/C59H38N2OS/c1-4-13-39(14-5-1)50-35-43(36-51(60-50)40-15-6-2-7-16-40)37-23-25-38(26-24-37)45-20-12-21-55-57(45)49-34-42(28-32-54(49)62-55)41-27-30-52-48(33-41)58-53(61(52)44-17-8-3-9-18-44)31-29-47-46-19-10-11-22-56(46)63-59(47)58/h1-30,32-36,53H,31H2. The number of hydrogen-bond acceptors (Lipinski definition) is 4. The largest absolute Gasteiger partial charge is 0.456 e. The van der Waals surface area contributed by atoms with Crippen LogP contribution in [-0.4, -0.2) is 11.0 Å². The summed E-state index contributed by atoms with van der Waals surface area (Å²) in [4.78, 5) is 7.66. The first kappa shape index (κ1) is 35.9. The molecule has 13 rings (SSSR count). The number of para-hydroxylation sites is 1. The van der Waals surface area contributed by atoms with Crippen molar-refractivity contribution >= 4 is 66.4 Å². The van der Waals surface area contributed by atoms with E-state index < -0.39 is 0 Å². The van der Waals surface area contributed by atoms with Crippen molar-refractivity contribution in [3.63, 3.8) is 0 Å². The second-order valence-corrected chi connectivity index (χ2v) is 17.6. The van der Waals surface area contributed by atoms with Crippen LogP contribution in [0.4, 0.5) is 11.4 Å². The number of anilines is 2. The molecule has 11 aromatic rings. The van der Waals surface area contributed by atoms with Gasteiger partial charge in [0.15, 0.2) is 0 Å². The zero-order chi connectivity index (χ0) is 41.4. The zero-order valence-electron chi connectivity index (χ0n) is 34.2. The Bertz CT molecular complexity index is 3640. The van der Waals surface area contributed by atoms with Gasteiger partial charge in [-0.2, -0.15) is 0 Å². The molecule has 0 amide bonds. The lowest BCUT2D eigenvalue weighted by Gasteiger charge is -2.28. The third-order valence-corrected chi connectivity index (χ3v) is 14.2. The minimum Gasteiger partial charge on any atom is -0.456 e. The summed E-state index contributed by atoms with van der Waals surface area (Å²) in [5, 5.41) is 4.99. The Hall–Kier alpha value is -7.79. The summed E-state index contributed by atoms with van der Waals surface area (Å²) in [5.74, 6) is 0. The van der Waals surface area contributed by atoms with E-state index in [1.54, 1.807) is 0 Å². The lowest BCUT2D eigenvalue weighted by molar-refractivity contribution is 0.669. The summed E-state index contributed by atoms with van der Waals surface area (Å²) in [7, 11) is 0. The summed E-state index contributed by atoms with van der Waals surface area (Å²) < 4.78 is 9.31. The topological polar surface area (TPSA) is 29.3 Å². The van der Waals surface area contributed by atoms with Crippen molar-refractivity contribution in [1.82, 2.24) is 4.98 Å². The number of nitrogens with zero attached hydrogens (tertiary/aromatic N) is 2. The molecule has 0 spiro atoms. The molecule has 8 aromatic carbocycles. The van der Waals surface area contributed by atoms with E-state index >= 15 is 0 Å². The first-order valence-electron chi connectivity index (χ1n) is 21.6. The molecule has 1 atom stereocenters. The molecule has 0 N–H and O–H groups in total. The SMILES string of the molecule is C1=c2c(sc3ccccc23)=C2c3cc(-c4ccc5oc6cccc(-c7ccc(-c8cc(-c9ccccc9)nc(-c9ccccc9)c8)cc7)c6c5c4)ccc3N(c3ccccc3)C2C1. The van der Waals surface area contributed by atoms with Crippen LogP contribution in [0.1, 0.15) is 12.0 Å². The van der Waals surface area contributed by atoms with Crippen molar-refractivity contribution in [3.8, 4) is 55.9 Å². The summed E-state index contributed by atoms with van der Waals surface area (Å²) >= 11 is 1.93. The number of benzene rings is 8. The molecule has 3 nitrogen and oxygen atoms in total. The van der Waals surface area contributed by atoms with Crippen molar-refractivity contribution in [3.05, 3.63) is 222 Å². The Morgan fingerprint density at radius 3 is 1.89 bits per heavy atom. The maximum Gasteiger partial charge on any atom is 0.136 e. The molecule has 0 bridgehead atoms. The number of aromatic nitrogens is 1. The van der Waals surface area contributed by atoms with Crippen LogP contribution >= 0.6 is 11.3 Å². The van der Waals surface area contributed by atoms with Crippen LogP contribution in [0.5, 0.6) is 0 Å². The first-order chi connectivity index (χ1) is 31.2. The Kier molecular flexibility index (Phi) is 8.21. The number of fused-ring (bicyclic) bond motifs is 9. The zero-order valence-corrected chi connectivity index (χ0v) is 35.0. The molecule has 0 saturated carbocycles. The Balaban J connectivity index is 0.917. The second-order valence-electron chi connectivity index (χ2n) is 16.6. The van der Waals surface area contributed by atoms with Crippen LogP contribution in [-0.2, 0) is 0 Å². The molecule has 63 heavy (non-hydrogen) atoms. The maximum atomic E-state index is 6.56. The van der Waals surface area contributed by atoms with E-state index in [1.165, 1.54) is 53.5 Å². The highest BCUT2D eigenvalue weighted by atomic mass is 32.1. The van der Waals surface area contributed by atoms with Gasteiger partial charge in [-0.05, 0) is 111 Å². The third-order valence-electron chi connectivity index (χ3n) is 13.0. The van der Waals surface area contributed by atoms with Gasteiger partial charge in [0.05, 0.1) is 17.4 Å². The molecule has 0 radical (unpaired) electrons. The van der Waals surface area contributed by atoms with Crippen LogP contribution in [0.15, 0.2) is 211 Å². The predicted molar refractivity (Wildman–Crippen MR) is 264 cm³/mol. The van der Waals surface area contributed by atoms with Crippen LogP contribution in [0.3, 0.4) is 0 Å². The van der Waals surface area contributed by atoms with Crippen molar-refractivity contribution in [2.45, 2.75) is 12.5 Å². The van der Waals surface area contributed by atoms with Crippen LogP contribution in [0.25, 0.3) is 99.6 Å². The summed E-state index contributed by atoms with van der Waals surface area (Å²) in [6, 6.07) is 74.4. The monoisotopic (exact) mass is 822 g/mol. The predicted octanol–water partition coefficient (Wildman–Crippen LogP) is 14.4. The fourth-order valence-electron chi connectivity index (χ4n) is 10.0. The van der Waals surface area contributed by atoms with Gasteiger partial charge in [0.2, 0.25) is 0 Å². The van der Waals surface area contributed by atoms with E-state index in [9.17, 15) is 0 Å². The van der Waals surface area contributed by atoms with Gasteiger partial charge < -0.3 is 9.32 Å². The average Bonchev–Trinajstić information content (AvgIpc) is 4.04. The van der Waals surface area contributed by atoms with E-state index in [0.717, 1.165) is 73.1 Å². The van der Waals surface area contributed by atoms with Crippen molar-refractivity contribution in [1.29, 1.82) is 0 Å². The first-order valence-corrected chi connectivity index (χ1v) is 22.4. The molecule has 3 aromatic heterocycles. The van der Waals surface area contributed by atoms with Gasteiger partial charge >= 0.3 is 0 Å². The summed E-state index contributed by atoms with van der Waals surface area (Å²) in [5.41, 5.74) is 18.1. The summed E-state index contributed by atoms with van der Waals surface area (Å²) in [6.07, 6.45) is 3.43. The fraction of sp³-hybridized carbons (Fsp3) is 0.0339. The van der Waals surface area contributed by atoms with Crippen LogP contribution in [0, 0.1) is 0 Å². The van der Waals surface area contributed by atoms with Crippen LogP contribution in [0.2, 0.25) is 0 Å². The minimum absolute atomic E-state index is 0.239. The Morgan fingerprint density at radius 2 is 1.13 bits per heavy atom. The Morgan fingerprint density at radius 1 is 0.476 bits per heavy atom. The summed E-state index contributed by atoms with van der Waals surface area (Å²) in [6.45, 7) is 0. The molecule has 0 saturated heterocycles. The average molecular weight is 823 g/mol. The number of thiophene rings is 1. The molecule has 1 aliphatic carbocycles. The molecule has 2 aliphatic rings. The molecular weight excluding hydrogens is 785 g/mol. The molecule has 4 heterocycles. The highest BCUT2D eigenvalue weighted by Gasteiger charge is 2.37.